The van der Waals surface area contributed by atoms with Crippen LogP contribution in [0, 0.1) is 0 Å². The van der Waals surface area contributed by atoms with E-state index < -0.39 is 10.0 Å². The van der Waals surface area contributed by atoms with Crippen molar-refractivity contribution in [1.29, 1.82) is 0 Å². The number of hydrogen-bond acceptors (Lipinski definition) is 4. The number of benzene rings is 1. The van der Waals surface area contributed by atoms with Gasteiger partial charge in [-0.15, -0.1) is 24.0 Å². The van der Waals surface area contributed by atoms with Gasteiger partial charge in [-0.3, -0.25) is 0 Å². The van der Waals surface area contributed by atoms with Crippen molar-refractivity contribution in [3.05, 3.63) is 29.8 Å². The monoisotopic (exact) mass is 526 g/mol. The van der Waals surface area contributed by atoms with E-state index >= 15 is 0 Å². The predicted molar refractivity (Wildman–Crippen MR) is 126 cm³/mol. The van der Waals surface area contributed by atoms with Gasteiger partial charge in [0.15, 0.2) is 5.96 Å². The first-order valence-electron chi connectivity index (χ1n) is 9.17. The lowest BCUT2D eigenvalue weighted by Crippen LogP contribution is -2.37. The van der Waals surface area contributed by atoms with Crippen LogP contribution in [-0.2, 0) is 16.6 Å². The number of halogens is 1. The summed E-state index contributed by atoms with van der Waals surface area (Å²) in [4.78, 5) is 4.89. The van der Waals surface area contributed by atoms with E-state index in [0.29, 0.717) is 11.4 Å². The minimum absolute atomic E-state index is 0. The van der Waals surface area contributed by atoms with E-state index in [9.17, 15) is 8.42 Å². The molecule has 0 spiro atoms. The van der Waals surface area contributed by atoms with Crippen molar-refractivity contribution in [3.63, 3.8) is 0 Å². The highest BCUT2D eigenvalue weighted by Gasteiger charge is 2.27. The molecule has 1 fully saturated rings. The Morgan fingerprint density at radius 1 is 1.19 bits per heavy atom. The zero-order chi connectivity index (χ0) is 18.8. The van der Waals surface area contributed by atoms with Crippen LogP contribution in [0.25, 0.3) is 0 Å². The van der Waals surface area contributed by atoms with Crippen molar-refractivity contribution < 1.29 is 8.42 Å². The van der Waals surface area contributed by atoms with Crippen LogP contribution in [-0.4, -0.2) is 45.5 Å². The van der Waals surface area contributed by atoms with Gasteiger partial charge < -0.3 is 10.6 Å². The molecule has 154 valence electrons. The Morgan fingerprint density at radius 3 is 2.48 bits per heavy atom. The fourth-order valence-electron chi connectivity index (χ4n) is 2.35. The predicted octanol–water partition coefficient (Wildman–Crippen LogP) is 2.94. The molecule has 1 aromatic rings. The Labute approximate surface area is 184 Å². The van der Waals surface area contributed by atoms with Gasteiger partial charge in [0, 0.05) is 19.1 Å². The van der Waals surface area contributed by atoms with Crippen LogP contribution in [0.3, 0.4) is 0 Å². The molecule has 0 heterocycles. The number of hydrogen-bond donors (Lipinski definition) is 3. The second kappa shape index (κ2) is 12.8. The number of rotatable bonds is 11. The van der Waals surface area contributed by atoms with Gasteiger partial charge in [0.2, 0.25) is 10.0 Å². The summed E-state index contributed by atoms with van der Waals surface area (Å²) >= 11 is 1.87. The van der Waals surface area contributed by atoms with Crippen molar-refractivity contribution >= 4 is 51.7 Å². The summed E-state index contributed by atoms with van der Waals surface area (Å²) in [6.45, 7) is 4.26. The number of nitrogens with one attached hydrogen (secondary N) is 3. The SMILES string of the molecule is CCNC(=NCc1ccc(S(=O)(=O)NC2CC2)cc1)NCCCCSC.I. The number of nitrogens with zero attached hydrogens (tertiary/aromatic N) is 1. The van der Waals surface area contributed by atoms with Crippen molar-refractivity contribution in [3.8, 4) is 0 Å². The summed E-state index contributed by atoms with van der Waals surface area (Å²) in [6, 6.07) is 7.07. The zero-order valence-corrected chi connectivity index (χ0v) is 20.0. The van der Waals surface area contributed by atoms with Gasteiger partial charge in [-0.2, -0.15) is 11.8 Å². The van der Waals surface area contributed by atoms with Crippen LogP contribution < -0.4 is 15.4 Å². The molecule has 1 aliphatic rings. The van der Waals surface area contributed by atoms with E-state index in [1.54, 1.807) is 12.1 Å². The summed E-state index contributed by atoms with van der Waals surface area (Å²) < 4.78 is 27.1. The van der Waals surface area contributed by atoms with Crippen LogP contribution >= 0.6 is 35.7 Å². The summed E-state index contributed by atoms with van der Waals surface area (Å²) in [7, 11) is -3.39. The lowest BCUT2D eigenvalue weighted by molar-refractivity contribution is 0.581. The zero-order valence-electron chi connectivity index (χ0n) is 16.0. The Morgan fingerprint density at radius 2 is 1.89 bits per heavy atom. The van der Waals surface area contributed by atoms with Crippen molar-refractivity contribution in [2.45, 2.75) is 50.1 Å². The molecule has 0 bridgehead atoms. The molecule has 3 N–H and O–H groups in total. The first kappa shape index (κ1) is 24.5. The average Bonchev–Trinajstić information content (AvgIpc) is 3.43. The fourth-order valence-corrected chi connectivity index (χ4v) is 4.15. The summed E-state index contributed by atoms with van der Waals surface area (Å²) in [5.74, 6) is 1.98. The molecule has 1 aromatic carbocycles. The van der Waals surface area contributed by atoms with E-state index in [1.165, 1.54) is 12.2 Å². The maximum Gasteiger partial charge on any atom is 0.240 e. The van der Waals surface area contributed by atoms with Crippen LogP contribution in [0.1, 0.15) is 38.2 Å². The van der Waals surface area contributed by atoms with Crippen LogP contribution in [0.2, 0.25) is 0 Å². The molecular weight excluding hydrogens is 495 g/mol. The largest absolute Gasteiger partial charge is 0.357 e. The van der Waals surface area contributed by atoms with Gasteiger partial charge >= 0.3 is 0 Å². The standard InChI is InChI=1S/C18H30N4O2S2.HI/c1-3-19-18(20-12-4-5-13-25-2)21-14-15-6-10-17(11-7-15)26(23,24)22-16-8-9-16;/h6-7,10-11,16,22H,3-5,8-9,12-14H2,1-2H3,(H2,19,20,21);1H. The molecule has 1 aliphatic carbocycles. The quantitative estimate of drug-likeness (QED) is 0.179. The Bertz CT molecular complexity index is 677. The van der Waals surface area contributed by atoms with Crippen molar-refractivity contribution in [1.82, 2.24) is 15.4 Å². The van der Waals surface area contributed by atoms with Crippen LogP contribution in [0.4, 0.5) is 0 Å². The molecule has 27 heavy (non-hydrogen) atoms. The number of thioether (sulfide) groups is 1. The minimum atomic E-state index is -3.39. The molecule has 0 unspecified atom stereocenters. The smallest absolute Gasteiger partial charge is 0.240 e. The Kier molecular flexibility index (Phi) is 11.7. The third kappa shape index (κ3) is 9.49. The normalized spacial score (nSPS) is 14.5. The molecule has 0 amide bonds. The molecule has 1 saturated carbocycles. The van der Waals surface area contributed by atoms with E-state index in [1.807, 2.05) is 30.8 Å². The van der Waals surface area contributed by atoms with Gasteiger partial charge in [-0.25, -0.2) is 18.1 Å². The van der Waals surface area contributed by atoms with Crippen LogP contribution in [0.15, 0.2) is 34.2 Å². The average molecular weight is 527 g/mol. The molecule has 0 radical (unpaired) electrons. The molecule has 0 aromatic heterocycles. The first-order chi connectivity index (χ1) is 12.5. The second-order valence-corrected chi connectivity index (χ2v) is 9.06. The minimum Gasteiger partial charge on any atom is -0.357 e. The van der Waals surface area contributed by atoms with E-state index in [-0.39, 0.29) is 30.0 Å². The van der Waals surface area contributed by atoms with Crippen molar-refractivity contribution in [2.24, 2.45) is 4.99 Å². The maximum absolute atomic E-state index is 12.2. The molecular formula is C18H31IN4O2S2. The Hall–Kier alpha value is -0.520. The lowest BCUT2D eigenvalue weighted by atomic mass is 10.2. The topological polar surface area (TPSA) is 82.6 Å². The molecule has 6 nitrogen and oxygen atoms in total. The molecule has 2 rings (SSSR count). The number of aliphatic imine (C=N–C) groups is 1. The number of unbranched alkanes of at least 4 members (excludes halogenated alkanes) is 1. The molecule has 9 heteroatoms. The number of guanidine groups is 1. The Balaban J connectivity index is 0.00000364. The number of sulfonamides is 1. The molecule has 0 aliphatic heterocycles. The van der Waals surface area contributed by atoms with Gasteiger partial charge in [0.25, 0.3) is 0 Å². The second-order valence-electron chi connectivity index (χ2n) is 6.36. The van der Waals surface area contributed by atoms with Gasteiger partial charge in [-0.05, 0) is 62.3 Å². The van der Waals surface area contributed by atoms with Gasteiger partial charge in [0.05, 0.1) is 11.4 Å². The molecule has 0 saturated heterocycles. The highest BCUT2D eigenvalue weighted by Crippen LogP contribution is 2.22. The maximum atomic E-state index is 12.2. The molecule has 0 atom stereocenters. The summed E-state index contributed by atoms with van der Waals surface area (Å²) in [5, 5.41) is 6.57. The highest BCUT2D eigenvalue weighted by molar-refractivity contribution is 14.0. The van der Waals surface area contributed by atoms with E-state index in [0.717, 1.165) is 43.9 Å². The van der Waals surface area contributed by atoms with Gasteiger partial charge in [0.1, 0.15) is 0 Å². The highest BCUT2D eigenvalue weighted by atomic mass is 127. The lowest BCUT2D eigenvalue weighted by Gasteiger charge is -2.11. The summed E-state index contributed by atoms with van der Waals surface area (Å²) in [6.07, 6.45) is 6.30. The van der Waals surface area contributed by atoms with E-state index in [4.69, 9.17) is 0 Å². The first-order valence-corrected chi connectivity index (χ1v) is 12.0. The summed E-state index contributed by atoms with van der Waals surface area (Å²) in [5.41, 5.74) is 0.981. The third-order valence-corrected chi connectivity index (χ3v) is 6.20. The van der Waals surface area contributed by atoms with E-state index in [2.05, 4.69) is 26.6 Å². The van der Waals surface area contributed by atoms with Crippen molar-refractivity contribution in [2.75, 3.05) is 25.1 Å². The van der Waals surface area contributed by atoms with Gasteiger partial charge in [-0.1, -0.05) is 12.1 Å². The van der Waals surface area contributed by atoms with Crippen LogP contribution in [0.5, 0.6) is 0 Å². The third-order valence-electron chi connectivity index (χ3n) is 3.96. The fraction of sp³-hybridized carbons (Fsp3) is 0.611.